The number of nitrogens with one attached hydrogen (secondary N) is 1. The molecule has 2 rings (SSSR count). The van der Waals surface area contributed by atoms with E-state index < -0.39 is 0 Å². The van der Waals surface area contributed by atoms with Crippen molar-refractivity contribution < 1.29 is 9.53 Å². The van der Waals surface area contributed by atoms with Gasteiger partial charge in [-0.15, -0.1) is 0 Å². The number of amides is 1. The number of carbonyl (C=O) groups excluding carboxylic acids is 1. The van der Waals surface area contributed by atoms with E-state index in [1.54, 1.807) is 0 Å². The maximum Gasteiger partial charge on any atom is 0.226 e. The average Bonchev–Trinajstić information content (AvgIpc) is 2.86. The molecule has 1 aliphatic carbocycles. The van der Waals surface area contributed by atoms with Crippen LogP contribution in [0, 0.1) is 11.8 Å². The van der Waals surface area contributed by atoms with Gasteiger partial charge in [-0.05, 0) is 38.0 Å². The topological polar surface area (TPSA) is 38.3 Å². The van der Waals surface area contributed by atoms with Gasteiger partial charge in [0, 0.05) is 12.6 Å². The van der Waals surface area contributed by atoms with Crippen molar-refractivity contribution in [3.05, 3.63) is 0 Å². The summed E-state index contributed by atoms with van der Waals surface area (Å²) in [4.78, 5) is 12.1. The highest BCUT2D eigenvalue weighted by molar-refractivity contribution is 5.79. The van der Waals surface area contributed by atoms with E-state index in [1.807, 2.05) is 0 Å². The third-order valence-electron chi connectivity index (χ3n) is 3.99. The Morgan fingerprint density at radius 1 is 1.38 bits per heavy atom. The fourth-order valence-electron chi connectivity index (χ4n) is 3.00. The predicted octanol–water partition coefficient (Wildman–Crippen LogP) is 2.11. The fourth-order valence-corrected chi connectivity index (χ4v) is 3.00. The molecule has 92 valence electrons. The van der Waals surface area contributed by atoms with Crippen molar-refractivity contribution in [1.29, 1.82) is 0 Å². The highest BCUT2D eigenvalue weighted by Gasteiger charge is 2.34. The standard InChI is InChI=1S/C13H23NO2/c1-3-12-11(6-7-16-12)13(15)14-10-5-4-9(2)8-10/h9-12H,3-8H2,1-2H3,(H,14,15). The van der Waals surface area contributed by atoms with Crippen LogP contribution in [0.4, 0.5) is 0 Å². The molecule has 1 amide bonds. The van der Waals surface area contributed by atoms with Crippen LogP contribution in [-0.4, -0.2) is 24.7 Å². The van der Waals surface area contributed by atoms with Crippen molar-refractivity contribution in [2.75, 3.05) is 6.61 Å². The number of rotatable bonds is 3. The molecule has 1 saturated heterocycles. The average molecular weight is 225 g/mol. The summed E-state index contributed by atoms with van der Waals surface area (Å²) in [6.07, 6.45) is 5.54. The highest BCUT2D eigenvalue weighted by Crippen LogP contribution is 2.27. The molecule has 1 heterocycles. The Balaban J connectivity index is 1.83. The van der Waals surface area contributed by atoms with Gasteiger partial charge in [0.2, 0.25) is 5.91 Å². The van der Waals surface area contributed by atoms with E-state index in [2.05, 4.69) is 19.2 Å². The van der Waals surface area contributed by atoms with Gasteiger partial charge in [0.25, 0.3) is 0 Å². The van der Waals surface area contributed by atoms with Crippen LogP contribution in [0.2, 0.25) is 0 Å². The molecule has 1 saturated carbocycles. The van der Waals surface area contributed by atoms with Crippen molar-refractivity contribution in [3.63, 3.8) is 0 Å². The molecule has 0 aromatic heterocycles. The first-order valence-corrected chi connectivity index (χ1v) is 6.62. The lowest BCUT2D eigenvalue weighted by Crippen LogP contribution is -2.40. The van der Waals surface area contributed by atoms with Crippen LogP contribution in [-0.2, 0) is 9.53 Å². The van der Waals surface area contributed by atoms with Gasteiger partial charge in [-0.3, -0.25) is 4.79 Å². The van der Waals surface area contributed by atoms with Gasteiger partial charge in [0.15, 0.2) is 0 Å². The number of carbonyl (C=O) groups is 1. The quantitative estimate of drug-likeness (QED) is 0.799. The lowest BCUT2D eigenvalue weighted by Gasteiger charge is -2.19. The van der Waals surface area contributed by atoms with Crippen molar-refractivity contribution in [2.45, 2.75) is 58.1 Å². The second-order valence-corrected chi connectivity index (χ2v) is 5.34. The minimum absolute atomic E-state index is 0.0981. The molecule has 3 nitrogen and oxygen atoms in total. The Bertz CT molecular complexity index is 254. The summed E-state index contributed by atoms with van der Waals surface area (Å²) in [5.41, 5.74) is 0. The van der Waals surface area contributed by atoms with Crippen LogP contribution in [0.1, 0.15) is 46.0 Å². The van der Waals surface area contributed by atoms with Gasteiger partial charge in [-0.2, -0.15) is 0 Å². The molecule has 4 atom stereocenters. The summed E-state index contributed by atoms with van der Waals surface area (Å²) in [5, 5.41) is 3.20. The maximum absolute atomic E-state index is 12.1. The van der Waals surface area contributed by atoms with E-state index in [0.29, 0.717) is 6.04 Å². The summed E-state index contributed by atoms with van der Waals surface area (Å²) < 4.78 is 5.56. The van der Waals surface area contributed by atoms with E-state index in [4.69, 9.17) is 4.74 Å². The van der Waals surface area contributed by atoms with Crippen molar-refractivity contribution in [3.8, 4) is 0 Å². The maximum atomic E-state index is 12.1. The SMILES string of the molecule is CCC1OCCC1C(=O)NC1CCC(C)C1. The Morgan fingerprint density at radius 2 is 2.19 bits per heavy atom. The summed E-state index contributed by atoms with van der Waals surface area (Å²) >= 11 is 0. The number of hydrogen-bond donors (Lipinski definition) is 1. The molecule has 1 aliphatic heterocycles. The summed E-state index contributed by atoms with van der Waals surface area (Å²) in [6, 6.07) is 0.417. The zero-order valence-corrected chi connectivity index (χ0v) is 10.4. The molecule has 1 N–H and O–H groups in total. The van der Waals surface area contributed by atoms with E-state index in [1.165, 1.54) is 6.42 Å². The minimum atomic E-state index is 0.0981. The molecule has 3 heteroatoms. The van der Waals surface area contributed by atoms with Crippen LogP contribution >= 0.6 is 0 Å². The molecule has 0 spiro atoms. The van der Waals surface area contributed by atoms with Gasteiger partial charge in [0.1, 0.15) is 0 Å². The third kappa shape index (κ3) is 2.57. The molecule has 0 aromatic rings. The number of ether oxygens (including phenoxy) is 1. The second kappa shape index (κ2) is 5.17. The molecule has 0 radical (unpaired) electrons. The van der Waals surface area contributed by atoms with Crippen LogP contribution in [0.3, 0.4) is 0 Å². The highest BCUT2D eigenvalue weighted by atomic mass is 16.5. The van der Waals surface area contributed by atoms with Crippen LogP contribution in [0.5, 0.6) is 0 Å². The Hall–Kier alpha value is -0.570. The van der Waals surface area contributed by atoms with Crippen LogP contribution in [0.15, 0.2) is 0 Å². The molecule has 2 fully saturated rings. The molecular weight excluding hydrogens is 202 g/mol. The molecule has 0 bridgehead atoms. The van der Waals surface area contributed by atoms with E-state index in [-0.39, 0.29) is 17.9 Å². The predicted molar refractivity (Wildman–Crippen MR) is 63.1 cm³/mol. The second-order valence-electron chi connectivity index (χ2n) is 5.34. The fraction of sp³-hybridized carbons (Fsp3) is 0.923. The van der Waals surface area contributed by atoms with Crippen LogP contribution < -0.4 is 5.32 Å². The third-order valence-corrected chi connectivity index (χ3v) is 3.99. The largest absolute Gasteiger partial charge is 0.377 e. The van der Waals surface area contributed by atoms with Gasteiger partial charge in [0.05, 0.1) is 12.0 Å². The summed E-state index contributed by atoms with van der Waals surface area (Å²) in [6.45, 7) is 5.10. The Morgan fingerprint density at radius 3 is 2.81 bits per heavy atom. The monoisotopic (exact) mass is 225 g/mol. The zero-order chi connectivity index (χ0) is 11.5. The van der Waals surface area contributed by atoms with Crippen molar-refractivity contribution in [1.82, 2.24) is 5.32 Å². The van der Waals surface area contributed by atoms with Gasteiger partial charge in [-0.1, -0.05) is 13.8 Å². The summed E-state index contributed by atoms with van der Waals surface area (Å²) in [5.74, 6) is 1.09. The van der Waals surface area contributed by atoms with Crippen molar-refractivity contribution >= 4 is 5.91 Å². The summed E-state index contributed by atoms with van der Waals surface area (Å²) in [7, 11) is 0. The van der Waals surface area contributed by atoms with Gasteiger partial charge in [-0.25, -0.2) is 0 Å². The van der Waals surface area contributed by atoms with Crippen molar-refractivity contribution in [2.24, 2.45) is 11.8 Å². The zero-order valence-electron chi connectivity index (χ0n) is 10.4. The molecule has 0 aromatic carbocycles. The first kappa shape index (κ1) is 11.9. The number of hydrogen-bond acceptors (Lipinski definition) is 2. The minimum Gasteiger partial charge on any atom is -0.377 e. The Kier molecular flexibility index (Phi) is 3.85. The van der Waals surface area contributed by atoms with Crippen LogP contribution in [0.25, 0.3) is 0 Å². The normalized spacial score (nSPS) is 38.9. The Labute approximate surface area is 97.9 Å². The smallest absolute Gasteiger partial charge is 0.226 e. The van der Waals surface area contributed by atoms with E-state index >= 15 is 0 Å². The lowest BCUT2D eigenvalue weighted by atomic mass is 9.98. The molecule has 4 unspecified atom stereocenters. The molecule has 16 heavy (non-hydrogen) atoms. The molecule has 2 aliphatic rings. The first-order valence-electron chi connectivity index (χ1n) is 6.62. The first-order chi connectivity index (χ1) is 7.70. The lowest BCUT2D eigenvalue weighted by molar-refractivity contribution is -0.127. The van der Waals surface area contributed by atoms with Gasteiger partial charge >= 0.3 is 0 Å². The van der Waals surface area contributed by atoms with E-state index in [9.17, 15) is 4.79 Å². The molecular formula is C13H23NO2. The van der Waals surface area contributed by atoms with E-state index in [0.717, 1.165) is 38.2 Å². The van der Waals surface area contributed by atoms with Gasteiger partial charge < -0.3 is 10.1 Å².